The second-order valence-corrected chi connectivity index (χ2v) is 8.75. The van der Waals surface area contributed by atoms with E-state index >= 15 is 0 Å². The lowest BCUT2D eigenvalue weighted by atomic mass is 10.1. The Morgan fingerprint density at radius 1 is 0.833 bits per heavy atom. The maximum absolute atomic E-state index is 13.7. The monoisotopic (exact) mass is 427 g/mol. The summed E-state index contributed by atoms with van der Waals surface area (Å²) >= 11 is 0. The van der Waals surface area contributed by atoms with Crippen LogP contribution in [0.15, 0.2) is 76.5 Å². The van der Waals surface area contributed by atoms with Crippen LogP contribution in [0.5, 0.6) is 0 Å². The van der Waals surface area contributed by atoms with Gasteiger partial charge >= 0.3 is 0 Å². The molecule has 7 heteroatoms. The van der Waals surface area contributed by atoms with Crippen LogP contribution in [0.25, 0.3) is 12.2 Å². The molecule has 30 heavy (non-hydrogen) atoms. The fraction of sp³-hybridized carbons (Fsp3) is 0.0870. The van der Waals surface area contributed by atoms with Crippen molar-refractivity contribution < 1.29 is 22.0 Å². The van der Waals surface area contributed by atoms with Gasteiger partial charge in [-0.15, -0.1) is 0 Å². The molecular weight excluding hydrogens is 408 g/mol. The molecule has 0 radical (unpaired) electrons. The molecule has 0 aliphatic carbocycles. The van der Waals surface area contributed by atoms with Crippen LogP contribution in [0.1, 0.15) is 21.5 Å². The van der Waals surface area contributed by atoms with Gasteiger partial charge < -0.3 is 4.90 Å². The van der Waals surface area contributed by atoms with Gasteiger partial charge in [0.25, 0.3) is 5.91 Å². The van der Waals surface area contributed by atoms with Gasteiger partial charge in [0.15, 0.2) is 0 Å². The van der Waals surface area contributed by atoms with E-state index in [1.165, 1.54) is 53.4 Å². The number of rotatable bonds is 5. The van der Waals surface area contributed by atoms with Gasteiger partial charge in [-0.05, 0) is 54.1 Å². The van der Waals surface area contributed by atoms with Gasteiger partial charge in [-0.3, -0.25) is 4.79 Å². The average molecular weight is 427 g/mol. The fourth-order valence-corrected chi connectivity index (χ4v) is 4.01. The number of carbonyl (C=O) groups is 1. The van der Waals surface area contributed by atoms with Crippen molar-refractivity contribution in [3.8, 4) is 0 Å². The number of halogens is 2. The molecule has 3 aromatic rings. The molecule has 3 rings (SSSR count). The molecule has 0 aliphatic rings. The highest BCUT2D eigenvalue weighted by Crippen LogP contribution is 2.23. The topological polar surface area (TPSA) is 54.5 Å². The summed E-state index contributed by atoms with van der Waals surface area (Å²) in [7, 11) is -0.511. The predicted molar refractivity (Wildman–Crippen MR) is 112 cm³/mol. The summed E-state index contributed by atoms with van der Waals surface area (Å²) in [5.41, 5.74) is 1.28. The van der Waals surface area contributed by atoms with Crippen molar-refractivity contribution in [3.63, 3.8) is 0 Å². The SMILES string of the molecule is CN(C)C(=O)c1ccc(S(=O)(=O)c2ccc(/C=C/c3ccc(F)cc3F)cc2)cc1. The lowest BCUT2D eigenvalue weighted by molar-refractivity contribution is 0.0827. The summed E-state index contributed by atoms with van der Waals surface area (Å²) in [6.07, 6.45) is 3.09. The van der Waals surface area contributed by atoms with Crippen molar-refractivity contribution in [2.75, 3.05) is 14.1 Å². The van der Waals surface area contributed by atoms with Crippen molar-refractivity contribution in [1.29, 1.82) is 0 Å². The van der Waals surface area contributed by atoms with E-state index in [0.29, 0.717) is 11.1 Å². The van der Waals surface area contributed by atoms with E-state index in [0.717, 1.165) is 12.1 Å². The summed E-state index contributed by atoms with van der Waals surface area (Å²) < 4.78 is 52.3. The molecular formula is C23H19F2NO3S. The molecule has 0 atom stereocenters. The first kappa shape index (κ1) is 21.4. The smallest absolute Gasteiger partial charge is 0.253 e. The summed E-state index contributed by atoms with van der Waals surface area (Å²) in [6, 6.07) is 15.1. The molecule has 0 saturated heterocycles. The Morgan fingerprint density at radius 3 is 1.93 bits per heavy atom. The lowest BCUT2D eigenvalue weighted by Crippen LogP contribution is -2.21. The van der Waals surface area contributed by atoms with Gasteiger partial charge in [-0.2, -0.15) is 0 Å². The van der Waals surface area contributed by atoms with Gasteiger partial charge in [-0.25, -0.2) is 17.2 Å². The van der Waals surface area contributed by atoms with E-state index in [9.17, 15) is 22.0 Å². The Balaban J connectivity index is 1.81. The van der Waals surface area contributed by atoms with Crippen LogP contribution < -0.4 is 0 Å². The van der Waals surface area contributed by atoms with Crippen molar-refractivity contribution in [2.24, 2.45) is 0 Å². The van der Waals surface area contributed by atoms with Crippen molar-refractivity contribution in [3.05, 3.63) is 95.1 Å². The largest absolute Gasteiger partial charge is 0.345 e. The molecule has 0 aliphatic heterocycles. The second-order valence-electron chi connectivity index (χ2n) is 6.80. The summed E-state index contributed by atoms with van der Waals surface area (Å²) in [6.45, 7) is 0. The molecule has 0 fully saturated rings. The summed E-state index contributed by atoms with van der Waals surface area (Å²) in [5, 5.41) is 0. The number of benzene rings is 3. The Morgan fingerprint density at radius 2 is 1.40 bits per heavy atom. The van der Waals surface area contributed by atoms with Crippen LogP contribution in [-0.2, 0) is 9.84 Å². The highest BCUT2D eigenvalue weighted by molar-refractivity contribution is 7.91. The zero-order valence-corrected chi connectivity index (χ0v) is 17.2. The first-order chi connectivity index (χ1) is 14.2. The molecule has 3 aromatic carbocycles. The van der Waals surface area contributed by atoms with Crippen molar-refractivity contribution >= 4 is 27.9 Å². The normalized spacial score (nSPS) is 11.6. The Hall–Kier alpha value is -3.32. The van der Waals surface area contributed by atoms with Crippen LogP contribution in [0.3, 0.4) is 0 Å². The van der Waals surface area contributed by atoms with E-state index < -0.39 is 21.5 Å². The quantitative estimate of drug-likeness (QED) is 0.556. The van der Waals surface area contributed by atoms with Gasteiger partial charge in [0.05, 0.1) is 9.79 Å². The average Bonchev–Trinajstić information content (AvgIpc) is 2.73. The van der Waals surface area contributed by atoms with E-state index in [1.807, 2.05) is 0 Å². The van der Waals surface area contributed by atoms with Gasteiger partial charge in [0.1, 0.15) is 11.6 Å². The zero-order chi connectivity index (χ0) is 21.9. The second kappa shape index (κ2) is 8.59. The third-order valence-electron chi connectivity index (χ3n) is 4.43. The minimum Gasteiger partial charge on any atom is -0.345 e. The van der Waals surface area contributed by atoms with E-state index in [-0.39, 0.29) is 21.3 Å². The minimum absolute atomic E-state index is 0.0782. The molecule has 0 saturated carbocycles. The standard InChI is InChI=1S/C23H19F2NO3S/c1-26(2)23(27)18-8-13-21(14-9-18)30(28,29)20-11-4-16(5-12-20)3-6-17-7-10-19(24)15-22(17)25/h3-15H,1-2H3/b6-3+. The Bertz CT molecular complexity index is 1200. The highest BCUT2D eigenvalue weighted by Gasteiger charge is 2.18. The lowest BCUT2D eigenvalue weighted by Gasteiger charge is -2.11. The number of hydrogen-bond donors (Lipinski definition) is 0. The first-order valence-electron chi connectivity index (χ1n) is 8.98. The summed E-state index contributed by atoms with van der Waals surface area (Å²) in [5.74, 6) is -1.55. The number of carbonyl (C=O) groups excluding carboxylic acids is 1. The van der Waals surface area contributed by atoms with Crippen LogP contribution in [0, 0.1) is 11.6 Å². The highest BCUT2D eigenvalue weighted by atomic mass is 32.2. The van der Waals surface area contributed by atoms with Crippen LogP contribution in [0.2, 0.25) is 0 Å². The van der Waals surface area contributed by atoms with Crippen molar-refractivity contribution in [1.82, 2.24) is 4.90 Å². The molecule has 154 valence electrons. The first-order valence-corrected chi connectivity index (χ1v) is 10.5. The third kappa shape index (κ3) is 4.63. The number of hydrogen-bond acceptors (Lipinski definition) is 3. The van der Waals surface area contributed by atoms with Gasteiger partial charge in [0.2, 0.25) is 9.84 Å². The van der Waals surface area contributed by atoms with Crippen LogP contribution in [-0.4, -0.2) is 33.3 Å². The molecule has 0 bridgehead atoms. The Labute approximate surface area is 174 Å². The summed E-state index contributed by atoms with van der Waals surface area (Å²) in [4.78, 5) is 13.5. The van der Waals surface area contributed by atoms with E-state index in [1.54, 1.807) is 32.3 Å². The molecule has 0 spiro atoms. The Kier molecular flexibility index (Phi) is 6.12. The molecule has 4 nitrogen and oxygen atoms in total. The van der Waals surface area contributed by atoms with E-state index in [4.69, 9.17) is 0 Å². The van der Waals surface area contributed by atoms with Gasteiger partial charge in [0, 0.05) is 31.3 Å². The number of amides is 1. The fourth-order valence-electron chi connectivity index (χ4n) is 2.75. The third-order valence-corrected chi connectivity index (χ3v) is 6.21. The maximum Gasteiger partial charge on any atom is 0.253 e. The molecule has 0 heterocycles. The molecule has 0 aromatic heterocycles. The van der Waals surface area contributed by atoms with Gasteiger partial charge in [-0.1, -0.05) is 24.3 Å². The predicted octanol–water partition coefficient (Wildman–Crippen LogP) is 4.67. The van der Waals surface area contributed by atoms with Crippen LogP contribution in [0.4, 0.5) is 8.78 Å². The minimum atomic E-state index is -3.75. The van der Waals surface area contributed by atoms with Crippen LogP contribution >= 0.6 is 0 Å². The molecule has 0 N–H and O–H groups in total. The number of sulfone groups is 1. The molecule has 0 unspecified atom stereocenters. The number of nitrogens with zero attached hydrogens (tertiary/aromatic N) is 1. The zero-order valence-electron chi connectivity index (χ0n) is 16.3. The molecule has 1 amide bonds. The van der Waals surface area contributed by atoms with Crippen molar-refractivity contribution in [2.45, 2.75) is 9.79 Å². The maximum atomic E-state index is 13.7. The van der Waals surface area contributed by atoms with E-state index in [2.05, 4.69) is 0 Å².